The molecule has 1 atom stereocenters. The molecule has 9 heteroatoms. The first-order chi connectivity index (χ1) is 13.5. The van der Waals surface area contributed by atoms with Gasteiger partial charge in [0.2, 0.25) is 5.76 Å². The number of carbonyl (C=O) groups is 2. The predicted octanol–water partition coefficient (Wildman–Crippen LogP) is 1.40. The van der Waals surface area contributed by atoms with E-state index in [9.17, 15) is 13.8 Å². The molecule has 0 bridgehead atoms. The summed E-state index contributed by atoms with van der Waals surface area (Å²) in [5.41, 5.74) is 1.68. The lowest BCUT2D eigenvalue weighted by Crippen LogP contribution is -2.53. The molecular weight excluding hydrogens is 380 g/mol. The number of hydrogen-bond donors (Lipinski definition) is 1. The molecular formula is C19H24N4O4S. The van der Waals surface area contributed by atoms with Crippen LogP contribution in [0.4, 0.5) is 4.79 Å². The second kappa shape index (κ2) is 9.50. The quantitative estimate of drug-likeness (QED) is 0.785. The molecule has 1 fully saturated rings. The first-order valence-electron chi connectivity index (χ1n) is 9.17. The molecule has 2 heterocycles. The van der Waals surface area contributed by atoms with E-state index in [1.165, 1.54) is 0 Å². The van der Waals surface area contributed by atoms with Gasteiger partial charge in [0, 0.05) is 61.1 Å². The summed E-state index contributed by atoms with van der Waals surface area (Å²) in [6, 6.07) is 11.1. The third kappa shape index (κ3) is 5.41. The highest BCUT2D eigenvalue weighted by Crippen LogP contribution is 2.10. The fraction of sp³-hybridized carbons (Fsp3) is 0.421. The maximum Gasteiger partial charge on any atom is 0.317 e. The summed E-state index contributed by atoms with van der Waals surface area (Å²) in [6.07, 6.45) is 0. The maximum atomic E-state index is 12.3. The number of benzene rings is 1. The van der Waals surface area contributed by atoms with Gasteiger partial charge in [-0.25, -0.2) is 4.79 Å². The Morgan fingerprint density at radius 2 is 1.82 bits per heavy atom. The minimum absolute atomic E-state index is 0.195. The largest absolute Gasteiger partial charge is 0.351 e. The molecule has 3 amide bonds. The lowest BCUT2D eigenvalue weighted by atomic mass is 10.2. The first-order valence-corrected chi connectivity index (χ1v) is 10.7. The molecule has 1 aliphatic rings. The fourth-order valence-corrected chi connectivity index (χ4v) is 3.99. The van der Waals surface area contributed by atoms with Crippen molar-refractivity contribution in [1.29, 1.82) is 0 Å². The number of carbonyl (C=O) groups excluding carboxylic acids is 2. The van der Waals surface area contributed by atoms with Gasteiger partial charge in [-0.1, -0.05) is 35.5 Å². The number of aryl methyl sites for hydroxylation is 1. The molecule has 1 aromatic carbocycles. The fourth-order valence-electron chi connectivity index (χ4n) is 2.95. The third-order valence-corrected chi connectivity index (χ3v) is 5.78. The van der Waals surface area contributed by atoms with Gasteiger partial charge in [0.25, 0.3) is 5.91 Å². The summed E-state index contributed by atoms with van der Waals surface area (Å²) in [4.78, 5) is 27.9. The van der Waals surface area contributed by atoms with Crippen LogP contribution in [0.2, 0.25) is 0 Å². The molecule has 28 heavy (non-hydrogen) atoms. The zero-order valence-electron chi connectivity index (χ0n) is 15.8. The van der Waals surface area contributed by atoms with Gasteiger partial charge in [0.1, 0.15) is 0 Å². The Balaban J connectivity index is 1.37. The third-order valence-electron chi connectivity index (χ3n) is 4.47. The van der Waals surface area contributed by atoms with E-state index in [1.54, 1.807) is 22.8 Å². The van der Waals surface area contributed by atoms with Crippen molar-refractivity contribution in [2.45, 2.75) is 12.7 Å². The molecule has 0 saturated carbocycles. The highest BCUT2D eigenvalue weighted by molar-refractivity contribution is 7.84. The van der Waals surface area contributed by atoms with Gasteiger partial charge >= 0.3 is 6.03 Å². The Kier molecular flexibility index (Phi) is 6.80. The van der Waals surface area contributed by atoms with Crippen LogP contribution in [0.5, 0.6) is 0 Å². The predicted molar refractivity (Wildman–Crippen MR) is 105 cm³/mol. The van der Waals surface area contributed by atoms with Crippen LogP contribution in [0.15, 0.2) is 40.9 Å². The van der Waals surface area contributed by atoms with Gasteiger partial charge in [-0.15, -0.1) is 0 Å². The van der Waals surface area contributed by atoms with E-state index >= 15 is 0 Å². The average molecular weight is 404 g/mol. The Labute approximate surface area is 166 Å². The number of nitrogens with one attached hydrogen (secondary N) is 1. The van der Waals surface area contributed by atoms with E-state index in [-0.39, 0.29) is 17.7 Å². The van der Waals surface area contributed by atoms with Crippen LogP contribution < -0.4 is 5.32 Å². The lowest BCUT2D eigenvalue weighted by Gasteiger charge is -2.34. The van der Waals surface area contributed by atoms with Crippen LogP contribution in [0.1, 0.15) is 21.8 Å². The summed E-state index contributed by atoms with van der Waals surface area (Å²) >= 11 is 0. The Bertz CT molecular complexity index is 831. The molecule has 1 aromatic heterocycles. The molecule has 150 valence electrons. The van der Waals surface area contributed by atoms with E-state index in [1.807, 2.05) is 30.3 Å². The van der Waals surface area contributed by atoms with Crippen LogP contribution in [-0.4, -0.2) is 69.6 Å². The number of urea groups is 1. The second-order valence-corrected chi connectivity index (χ2v) is 8.19. The molecule has 3 rings (SSSR count). The second-order valence-electron chi connectivity index (χ2n) is 6.62. The molecule has 0 spiro atoms. The summed E-state index contributed by atoms with van der Waals surface area (Å²) in [5.74, 6) is 0.899. The highest BCUT2D eigenvalue weighted by Gasteiger charge is 2.26. The van der Waals surface area contributed by atoms with Crippen LogP contribution in [-0.2, 0) is 16.6 Å². The summed E-state index contributed by atoms with van der Waals surface area (Å²) in [5, 5.41) is 6.54. The zero-order valence-corrected chi connectivity index (χ0v) is 16.6. The lowest BCUT2D eigenvalue weighted by molar-refractivity contribution is 0.0625. The molecule has 1 saturated heterocycles. The van der Waals surface area contributed by atoms with Crippen LogP contribution in [0.3, 0.4) is 0 Å². The number of rotatable bonds is 6. The number of hydrogen-bond acceptors (Lipinski definition) is 5. The van der Waals surface area contributed by atoms with Gasteiger partial charge in [0.05, 0.1) is 5.69 Å². The highest BCUT2D eigenvalue weighted by atomic mass is 32.2. The standard InChI is InChI=1S/C19H24N4O4S/c1-15-13-17(27-21-15)18(24)22-8-10-23(11-9-22)19(25)20-7-12-28(26)14-16-5-3-2-4-6-16/h2-6,13H,7-12,14H2,1H3,(H,20,25). The van der Waals surface area contributed by atoms with Crippen molar-refractivity contribution in [3.63, 3.8) is 0 Å². The van der Waals surface area contributed by atoms with Gasteiger partial charge in [-0.3, -0.25) is 9.00 Å². The van der Waals surface area contributed by atoms with E-state index in [0.717, 1.165) is 5.56 Å². The number of piperazine rings is 1. The van der Waals surface area contributed by atoms with E-state index in [0.29, 0.717) is 49.9 Å². The van der Waals surface area contributed by atoms with E-state index < -0.39 is 10.8 Å². The van der Waals surface area contributed by atoms with E-state index in [2.05, 4.69) is 10.5 Å². The molecule has 1 aliphatic heterocycles. The van der Waals surface area contributed by atoms with Gasteiger partial charge < -0.3 is 19.6 Å². The van der Waals surface area contributed by atoms with Gasteiger partial charge in [-0.2, -0.15) is 0 Å². The minimum atomic E-state index is -1.03. The molecule has 0 radical (unpaired) electrons. The van der Waals surface area contributed by atoms with Crippen LogP contribution in [0.25, 0.3) is 0 Å². The van der Waals surface area contributed by atoms with Crippen LogP contribution >= 0.6 is 0 Å². The number of amides is 3. The minimum Gasteiger partial charge on any atom is -0.351 e. The molecule has 1 unspecified atom stereocenters. The van der Waals surface area contributed by atoms with Crippen molar-refractivity contribution in [2.75, 3.05) is 38.5 Å². The zero-order chi connectivity index (χ0) is 19.9. The van der Waals surface area contributed by atoms with Crippen molar-refractivity contribution in [2.24, 2.45) is 0 Å². The summed E-state index contributed by atoms with van der Waals surface area (Å²) in [6.45, 7) is 3.87. The SMILES string of the molecule is Cc1cc(C(=O)N2CCN(C(=O)NCCS(=O)Cc3ccccc3)CC2)on1. The summed E-state index contributed by atoms with van der Waals surface area (Å²) in [7, 11) is -1.03. The first kappa shape index (κ1) is 20.1. The monoisotopic (exact) mass is 404 g/mol. The molecule has 2 aromatic rings. The van der Waals surface area contributed by atoms with Crippen molar-refractivity contribution in [3.05, 3.63) is 53.4 Å². The average Bonchev–Trinajstić information content (AvgIpc) is 3.14. The molecule has 8 nitrogen and oxygen atoms in total. The number of nitrogens with zero attached hydrogens (tertiary/aromatic N) is 3. The van der Waals surface area contributed by atoms with Crippen molar-refractivity contribution in [1.82, 2.24) is 20.3 Å². The summed E-state index contributed by atoms with van der Waals surface area (Å²) < 4.78 is 17.1. The Morgan fingerprint density at radius 3 is 2.46 bits per heavy atom. The maximum absolute atomic E-state index is 12.3. The normalized spacial score (nSPS) is 15.3. The Morgan fingerprint density at radius 1 is 1.14 bits per heavy atom. The van der Waals surface area contributed by atoms with Gasteiger partial charge in [-0.05, 0) is 12.5 Å². The topological polar surface area (TPSA) is 95.8 Å². The van der Waals surface area contributed by atoms with Crippen molar-refractivity contribution in [3.8, 4) is 0 Å². The van der Waals surface area contributed by atoms with Crippen molar-refractivity contribution >= 4 is 22.7 Å². The smallest absolute Gasteiger partial charge is 0.317 e. The van der Waals surface area contributed by atoms with Gasteiger partial charge in [0.15, 0.2) is 0 Å². The Hall–Kier alpha value is -2.68. The molecule has 1 N–H and O–H groups in total. The molecule has 0 aliphatic carbocycles. The van der Waals surface area contributed by atoms with Crippen molar-refractivity contribution < 1.29 is 18.3 Å². The number of aromatic nitrogens is 1. The van der Waals surface area contributed by atoms with E-state index in [4.69, 9.17) is 4.52 Å². The van der Waals surface area contributed by atoms with Crippen LogP contribution in [0, 0.1) is 6.92 Å².